The van der Waals surface area contributed by atoms with Gasteiger partial charge in [0.25, 0.3) is 0 Å². The van der Waals surface area contributed by atoms with Crippen molar-refractivity contribution in [1.29, 1.82) is 5.26 Å². The second-order valence-electron chi connectivity index (χ2n) is 19.2. The Labute approximate surface area is 383 Å². The van der Waals surface area contributed by atoms with Crippen molar-refractivity contribution in [3.8, 4) is 45.5 Å². The summed E-state index contributed by atoms with van der Waals surface area (Å²) in [5, 5.41) is 15.5. The summed E-state index contributed by atoms with van der Waals surface area (Å²) in [6, 6.07) is 58.7. The van der Waals surface area contributed by atoms with Crippen molar-refractivity contribution in [2.24, 2.45) is 0 Å². The van der Waals surface area contributed by atoms with Gasteiger partial charge in [-0.25, -0.2) is 0 Å². The molecule has 0 amide bonds. The zero-order chi connectivity index (χ0) is 44.4. The number of aryl methyl sites for hydroxylation is 1. The molecule has 316 valence electrons. The zero-order valence-corrected chi connectivity index (χ0v) is 38.2. The minimum absolute atomic E-state index is 0.106. The highest BCUT2D eigenvalue weighted by molar-refractivity contribution is 6.88. The SMILES string of the molecule is C=C1CC2C(CCc3cc(-c4ccc(C#N)cc4)c4c(oc5ccccc54)c3-c3n(-c4cccc5c4oc4ccccc45)c4ccccc4[n+]31)c1ccccc1-c1ccc([Si](C)(C)C)c[n+]12. The van der Waals surface area contributed by atoms with Gasteiger partial charge >= 0.3 is 5.82 Å². The molecular weight excluding hydrogens is 825 g/mol. The van der Waals surface area contributed by atoms with E-state index in [1.54, 1.807) is 0 Å². The van der Waals surface area contributed by atoms with Crippen LogP contribution in [0.2, 0.25) is 19.6 Å². The minimum atomic E-state index is -1.68. The van der Waals surface area contributed by atoms with Crippen LogP contribution in [0.5, 0.6) is 0 Å². The average molecular weight is 871 g/mol. The monoisotopic (exact) mass is 870 g/mol. The predicted molar refractivity (Wildman–Crippen MR) is 269 cm³/mol. The molecule has 0 spiro atoms. The fourth-order valence-electron chi connectivity index (χ4n) is 11.4. The minimum Gasteiger partial charge on any atom is -0.455 e. The summed E-state index contributed by atoms with van der Waals surface area (Å²) in [5.74, 6) is 1.18. The van der Waals surface area contributed by atoms with Crippen LogP contribution < -0.4 is 14.3 Å². The number of hydrogen-bond acceptors (Lipinski definition) is 3. The highest BCUT2D eigenvalue weighted by Gasteiger charge is 2.45. The summed E-state index contributed by atoms with van der Waals surface area (Å²) in [4.78, 5) is 0. The van der Waals surface area contributed by atoms with Crippen LogP contribution >= 0.6 is 0 Å². The van der Waals surface area contributed by atoms with Crippen molar-refractivity contribution in [2.45, 2.75) is 50.9 Å². The quantitative estimate of drug-likeness (QED) is 0.131. The molecule has 7 aromatic carbocycles. The standard InChI is InChI=1S/C59H46N4O2Si/c1-36-32-52-43(41-14-5-6-15-42(41)48-31-29-40(35-61(48)52)66(2,3)4)30-28-39-33-47(38-26-24-37(34-60)25-27-38)56-46-17-8-12-23-54(46)65-58(56)55(39)59-62(36)49-19-9-10-20-50(49)63(59)51-21-13-18-45-44-16-7-11-22-53(44)64-57(45)51/h5-27,29,31,33,35,43,52H,1,28,30,32H2,2-4H3/q+2. The molecule has 7 heteroatoms. The number of nitriles is 1. The molecule has 13 rings (SSSR count). The Morgan fingerprint density at radius 1 is 0.712 bits per heavy atom. The number of aromatic nitrogens is 3. The highest BCUT2D eigenvalue weighted by atomic mass is 28.3. The van der Waals surface area contributed by atoms with E-state index >= 15 is 0 Å². The van der Waals surface area contributed by atoms with Crippen LogP contribution in [0.15, 0.2) is 179 Å². The van der Waals surface area contributed by atoms with Gasteiger partial charge in [-0.3, -0.25) is 0 Å². The summed E-state index contributed by atoms with van der Waals surface area (Å²) in [7, 11) is -1.68. The van der Waals surface area contributed by atoms with E-state index in [-0.39, 0.29) is 12.0 Å². The van der Waals surface area contributed by atoms with Crippen LogP contribution in [0.4, 0.5) is 0 Å². The number of benzene rings is 7. The molecule has 0 bridgehead atoms. The normalized spacial score (nSPS) is 15.9. The lowest BCUT2D eigenvalue weighted by molar-refractivity contribution is -0.719. The maximum absolute atomic E-state index is 9.84. The van der Waals surface area contributed by atoms with Gasteiger partial charge in [-0.2, -0.15) is 19.0 Å². The summed E-state index contributed by atoms with van der Waals surface area (Å²) in [6.45, 7) is 12.4. The molecule has 0 aliphatic carbocycles. The molecule has 2 unspecified atom stereocenters. The second kappa shape index (κ2) is 14.4. The Morgan fingerprint density at radius 3 is 2.24 bits per heavy atom. The predicted octanol–water partition coefficient (Wildman–Crippen LogP) is 13.6. The van der Waals surface area contributed by atoms with Crippen molar-refractivity contribution in [2.75, 3.05) is 0 Å². The van der Waals surface area contributed by atoms with Crippen molar-refractivity contribution < 1.29 is 18.0 Å². The van der Waals surface area contributed by atoms with Gasteiger partial charge in [-0.15, -0.1) is 0 Å². The highest BCUT2D eigenvalue weighted by Crippen LogP contribution is 2.49. The first-order chi connectivity index (χ1) is 32.2. The van der Waals surface area contributed by atoms with Crippen LogP contribution in [-0.2, 0) is 6.42 Å². The van der Waals surface area contributed by atoms with E-state index in [1.165, 1.54) is 27.6 Å². The van der Waals surface area contributed by atoms with Gasteiger partial charge in [0.2, 0.25) is 5.69 Å². The van der Waals surface area contributed by atoms with Crippen molar-refractivity contribution >= 4 is 73.9 Å². The third-order valence-corrected chi connectivity index (χ3v) is 16.5. The molecule has 2 atom stereocenters. The van der Waals surface area contributed by atoms with Gasteiger partial charge < -0.3 is 8.83 Å². The molecule has 0 radical (unpaired) electrons. The third kappa shape index (κ3) is 5.64. The molecular formula is C59H46N4O2Si+2. The molecule has 6 nitrogen and oxygen atoms in total. The first kappa shape index (κ1) is 38.6. The molecule has 0 saturated carbocycles. The van der Waals surface area contributed by atoms with Gasteiger partial charge in [0.15, 0.2) is 40.1 Å². The van der Waals surface area contributed by atoms with Gasteiger partial charge in [-0.05, 0) is 89.7 Å². The number of hydrogen-bond donors (Lipinski definition) is 0. The Hall–Kier alpha value is -7.79. The zero-order valence-electron chi connectivity index (χ0n) is 37.2. The van der Waals surface area contributed by atoms with E-state index in [0.717, 1.165) is 108 Å². The molecule has 2 aliphatic heterocycles. The number of rotatable bonds is 3. The summed E-state index contributed by atoms with van der Waals surface area (Å²) >= 11 is 0. The Morgan fingerprint density at radius 2 is 1.42 bits per heavy atom. The first-order valence-electron chi connectivity index (χ1n) is 23.0. The molecule has 0 N–H and O–H groups in total. The summed E-state index contributed by atoms with van der Waals surface area (Å²) in [6.07, 6.45) is 4.91. The Bertz CT molecular complexity index is 3890. The maximum Gasteiger partial charge on any atom is 0.304 e. The van der Waals surface area contributed by atoms with Crippen LogP contribution in [0, 0.1) is 11.3 Å². The summed E-state index contributed by atoms with van der Waals surface area (Å²) in [5.41, 5.74) is 16.4. The van der Waals surface area contributed by atoms with Crippen molar-refractivity contribution in [1.82, 2.24) is 4.57 Å². The van der Waals surface area contributed by atoms with E-state index in [9.17, 15) is 5.26 Å². The van der Waals surface area contributed by atoms with Gasteiger partial charge in [-0.1, -0.05) is 123 Å². The number of allylic oxidation sites excluding steroid dienone is 1. The first-order valence-corrected chi connectivity index (χ1v) is 26.5. The summed E-state index contributed by atoms with van der Waals surface area (Å²) < 4.78 is 21.6. The van der Waals surface area contributed by atoms with E-state index in [0.29, 0.717) is 5.56 Å². The average Bonchev–Trinajstić information content (AvgIpc) is 4.03. The third-order valence-electron chi connectivity index (χ3n) is 14.5. The van der Waals surface area contributed by atoms with Crippen LogP contribution in [0.3, 0.4) is 0 Å². The number of fused-ring (bicyclic) bond motifs is 18. The van der Waals surface area contributed by atoms with E-state index < -0.39 is 8.07 Å². The van der Waals surface area contributed by atoms with Crippen molar-refractivity contribution in [3.05, 3.63) is 187 Å². The van der Waals surface area contributed by atoms with E-state index in [1.807, 2.05) is 18.2 Å². The van der Waals surface area contributed by atoms with Crippen LogP contribution in [0.1, 0.15) is 41.5 Å². The number of furan rings is 2. The number of imidazole rings is 1. The number of nitrogens with zero attached hydrogens (tertiary/aromatic N) is 4. The topological polar surface area (TPSA) is 62.8 Å². The largest absolute Gasteiger partial charge is 0.455 e. The molecule has 66 heavy (non-hydrogen) atoms. The van der Waals surface area contributed by atoms with Gasteiger partial charge in [0.1, 0.15) is 22.4 Å². The molecule has 0 saturated heterocycles. The van der Waals surface area contributed by atoms with E-state index in [2.05, 4.69) is 185 Å². The van der Waals surface area contributed by atoms with Gasteiger partial charge in [0, 0.05) is 44.3 Å². The Balaban J connectivity index is 1.18. The lowest BCUT2D eigenvalue weighted by Crippen LogP contribution is -2.53. The molecule has 6 heterocycles. The molecule has 11 aromatic rings. The lowest BCUT2D eigenvalue weighted by Gasteiger charge is -2.32. The second-order valence-corrected chi connectivity index (χ2v) is 24.3. The smallest absolute Gasteiger partial charge is 0.304 e. The maximum atomic E-state index is 9.84. The van der Waals surface area contributed by atoms with Crippen LogP contribution in [-0.4, -0.2) is 12.6 Å². The van der Waals surface area contributed by atoms with Gasteiger partial charge in [0.05, 0.1) is 26.1 Å². The van der Waals surface area contributed by atoms with E-state index in [4.69, 9.17) is 15.4 Å². The molecule has 4 aromatic heterocycles. The molecule has 2 aliphatic rings. The number of para-hydroxylation sites is 5. The fourth-order valence-corrected chi connectivity index (χ4v) is 12.5. The Kier molecular flexibility index (Phi) is 8.41. The fraction of sp³-hybridized carbons (Fsp3) is 0.136. The number of pyridine rings is 1. The van der Waals surface area contributed by atoms with Crippen LogP contribution in [0.25, 0.3) is 100 Å². The molecule has 0 fully saturated rings. The lowest BCUT2D eigenvalue weighted by atomic mass is 9.77. The van der Waals surface area contributed by atoms with Crippen molar-refractivity contribution in [3.63, 3.8) is 0 Å².